The van der Waals surface area contributed by atoms with Gasteiger partial charge < -0.3 is 5.11 Å². The number of carboxylic acid groups (broad SMARTS) is 1. The number of hydrogen-bond acceptors (Lipinski definition) is 3. The van der Waals surface area contributed by atoms with Crippen molar-refractivity contribution < 1.29 is 14.7 Å². The van der Waals surface area contributed by atoms with Crippen LogP contribution in [0.15, 0.2) is 15.9 Å². The van der Waals surface area contributed by atoms with Gasteiger partial charge in [-0.1, -0.05) is 6.92 Å². The highest BCUT2D eigenvalue weighted by Gasteiger charge is 2.42. The van der Waals surface area contributed by atoms with E-state index in [2.05, 4.69) is 15.9 Å². The van der Waals surface area contributed by atoms with Crippen molar-refractivity contribution in [3.05, 3.63) is 20.8 Å². The summed E-state index contributed by atoms with van der Waals surface area (Å²) in [6, 6.07) is 1.83. The molecule has 0 aromatic carbocycles. The largest absolute Gasteiger partial charge is 0.481 e. The number of carbonyl (C=O) groups is 2. The molecule has 0 amide bonds. The van der Waals surface area contributed by atoms with Gasteiger partial charge in [-0.3, -0.25) is 9.59 Å². The molecule has 3 unspecified atom stereocenters. The van der Waals surface area contributed by atoms with Gasteiger partial charge in [0.1, 0.15) is 0 Å². The molecule has 1 aromatic heterocycles. The van der Waals surface area contributed by atoms with Crippen molar-refractivity contribution in [1.29, 1.82) is 0 Å². The Morgan fingerprint density at radius 1 is 1.41 bits per heavy atom. The van der Waals surface area contributed by atoms with Crippen molar-refractivity contribution in [3.63, 3.8) is 0 Å². The van der Waals surface area contributed by atoms with Crippen molar-refractivity contribution in [3.8, 4) is 0 Å². The summed E-state index contributed by atoms with van der Waals surface area (Å²) in [5.41, 5.74) is 0. The highest BCUT2D eigenvalue weighted by Crippen LogP contribution is 2.40. The molecule has 1 aliphatic rings. The lowest BCUT2D eigenvalue weighted by atomic mass is 9.91. The van der Waals surface area contributed by atoms with Crippen molar-refractivity contribution in [2.75, 3.05) is 0 Å². The maximum absolute atomic E-state index is 12.3. The Morgan fingerprint density at radius 3 is 2.59 bits per heavy atom. The number of hydrogen-bond donors (Lipinski definition) is 1. The smallest absolute Gasteiger partial charge is 0.307 e. The van der Waals surface area contributed by atoms with Crippen molar-refractivity contribution in [2.45, 2.75) is 19.8 Å². The van der Waals surface area contributed by atoms with E-state index in [-0.39, 0.29) is 11.7 Å². The van der Waals surface area contributed by atoms with E-state index in [0.29, 0.717) is 23.6 Å². The molecule has 17 heavy (non-hydrogen) atoms. The van der Waals surface area contributed by atoms with Crippen LogP contribution in [0.2, 0.25) is 0 Å². The van der Waals surface area contributed by atoms with Crippen molar-refractivity contribution >= 4 is 39.0 Å². The summed E-state index contributed by atoms with van der Waals surface area (Å²) in [7, 11) is 0. The molecule has 0 bridgehead atoms. The molecule has 2 rings (SSSR count). The Labute approximate surface area is 112 Å². The number of rotatable bonds is 3. The summed E-state index contributed by atoms with van der Waals surface area (Å²) in [4.78, 5) is 24.1. The van der Waals surface area contributed by atoms with Gasteiger partial charge in [-0.2, -0.15) is 0 Å². The van der Waals surface area contributed by atoms with Crippen LogP contribution < -0.4 is 0 Å². The highest BCUT2D eigenvalue weighted by atomic mass is 79.9. The van der Waals surface area contributed by atoms with Crippen LogP contribution in [0.3, 0.4) is 0 Å². The third kappa shape index (κ3) is 2.45. The minimum absolute atomic E-state index is 0.0244. The maximum Gasteiger partial charge on any atom is 0.307 e. The van der Waals surface area contributed by atoms with E-state index in [4.69, 9.17) is 5.11 Å². The molecule has 1 saturated carbocycles. The standard InChI is InChI=1S/C12H13BrO3S/c1-6-4-7(8(5-6)12(15)16)10(14)11-9(13)2-3-17-11/h2-3,6-8H,4-5H2,1H3,(H,15,16). The fourth-order valence-corrected chi connectivity index (χ4v) is 4.06. The van der Waals surface area contributed by atoms with Crippen LogP contribution in [0, 0.1) is 17.8 Å². The van der Waals surface area contributed by atoms with Crippen LogP contribution >= 0.6 is 27.3 Å². The van der Waals surface area contributed by atoms with Crippen molar-refractivity contribution in [2.24, 2.45) is 17.8 Å². The summed E-state index contributed by atoms with van der Waals surface area (Å²) >= 11 is 4.70. The molecule has 1 N–H and O–H groups in total. The van der Waals surface area contributed by atoms with Crippen LogP contribution in [0.25, 0.3) is 0 Å². The van der Waals surface area contributed by atoms with Gasteiger partial charge >= 0.3 is 5.97 Å². The lowest BCUT2D eigenvalue weighted by molar-refractivity contribution is -0.142. The molecule has 92 valence electrons. The van der Waals surface area contributed by atoms with Gasteiger partial charge in [-0.25, -0.2) is 0 Å². The zero-order valence-electron chi connectivity index (χ0n) is 9.35. The fourth-order valence-electron chi connectivity index (χ4n) is 2.49. The molecule has 0 saturated heterocycles. The predicted octanol–water partition coefficient (Wildman–Crippen LogP) is 3.44. The summed E-state index contributed by atoms with van der Waals surface area (Å²) in [5, 5.41) is 11.0. The fraction of sp³-hybridized carbons (Fsp3) is 0.500. The second-order valence-electron chi connectivity index (χ2n) is 4.59. The molecule has 1 aromatic rings. The van der Waals surface area contributed by atoms with Gasteiger partial charge in [0.15, 0.2) is 5.78 Å². The van der Waals surface area contributed by atoms with E-state index in [1.807, 2.05) is 18.4 Å². The highest BCUT2D eigenvalue weighted by molar-refractivity contribution is 9.10. The Kier molecular flexibility index (Phi) is 3.68. The Hall–Kier alpha value is -0.680. The lowest BCUT2D eigenvalue weighted by Gasteiger charge is -2.13. The van der Waals surface area contributed by atoms with E-state index >= 15 is 0 Å². The molecule has 3 atom stereocenters. The molecular weight excluding hydrogens is 304 g/mol. The molecule has 3 nitrogen and oxygen atoms in total. The maximum atomic E-state index is 12.3. The summed E-state index contributed by atoms with van der Waals surface area (Å²) in [6.45, 7) is 2.01. The number of aliphatic carboxylic acids is 1. The average Bonchev–Trinajstić information content (AvgIpc) is 2.83. The van der Waals surface area contributed by atoms with E-state index in [9.17, 15) is 9.59 Å². The number of halogens is 1. The third-order valence-electron chi connectivity index (χ3n) is 3.29. The monoisotopic (exact) mass is 316 g/mol. The van der Waals surface area contributed by atoms with Crippen LogP contribution in [-0.4, -0.2) is 16.9 Å². The second-order valence-corrected chi connectivity index (χ2v) is 6.36. The van der Waals surface area contributed by atoms with Gasteiger partial charge in [0, 0.05) is 10.4 Å². The SMILES string of the molecule is CC1CC(C(=O)O)C(C(=O)c2sccc2Br)C1. The summed E-state index contributed by atoms with van der Waals surface area (Å²) < 4.78 is 0.774. The van der Waals surface area contributed by atoms with Crippen LogP contribution in [-0.2, 0) is 4.79 Å². The quantitative estimate of drug-likeness (QED) is 0.869. The first-order chi connectivity index (χ1) is 8.00. The molecule has 0 aliphatic heterocycles. The second kappa shape index (κ2) is 4.90. The van der Waals surface area contributed by atoms with Gasteiger partial charge in [0.2, 0.25) is 0 Å². The Bertz CT molecular complexity index is 454. The number of Topliss-reactive ketones (excluding diaryl/α,β-unsaturated/α-hetero) is 1. The minimum Gasteiger partial charge on any atom is -0.481 e. The lowest BCUT2D eigenvalue weighted by Crippen LogP contribution is -2.25. The topological polar surface area (TPSA) is 54.4 Å². The zero-order chi connectivity index (χ0) is 12.6. The molecule has 1 aliphatic carbocycles. The van der Waals surface area contributed by atoms with Gasteiger partial charge in [0.25, 0.3) is 0 Å². The average molecular weight is 317 g/mol. The number of carbonyl (C=O) groups excluding carboxylic acids is 1. The number of ketones is 1. The predicted molar refractivity (Wildman–Crippen MR) is 69.4 cm³/mol. The molecule has 1 fully saturated rings. The van der Waals surface area contributed by atoms with Gasteiger partial charge in [-0.15, -0.1) is 11.3 Å². The summed E-state index contributed by atoms with van der Waals surface area (Å²) in [6.07, 6.45) is 1.29. The van der Waals surface area contributed by atoms with Crippen LogP contribution in [0.4, 0.5) is 0 Å². The Balaban J connectivity index is 2.25. The van der Waals surface area contributed by atoms with Crippen molar-refractivity contribution in [1.82, 2.24) is 0 Å². The minimum atomic E-state index is -0.847. The number of thiophene rings is 1. The van der Waals surface area contributed by atoms with E-state index in [1.165, 1.54) is 11.3 Å². The third-order valence-corrected chi connectivity index (χ3v) is 5.15. The van der Waals surface area contributed by atoms with Gasteiger partial charge in [0.05, 0.1) is 10.8 Å². The first-order valence-electron chi connectivity index (χ1n) is 5.50. The summed E-state index contributed by atoms with van der Waals surface area (Å²) in [5.74, 6) is -1.45. The number of carboxylic acids is 1. The first-order valence-corrected chi connectivity index (χ1v) is 7.18. The van der Waals surface area contributed by atoms with Gasteiger partial charge in [-0.05, 0) is 46.1 Å². The molecular formula is C12H13BrO3S. The van der Waals surface area contributed by atoms with Crippen LogP contribution in [0.1, 0.15) is 29.4 Å². The molecule has 0 radical (unpaired) electrons. The Morgan fingerprint density at radius 2 is 2.06 bits per heavy atom. The zero-order valence-corrected chi connectivity index (χ0v) is 11.8. The van der Waals surface area contributed by atoms with Crippen LogP contribution in [0.5, 0.6) is 0 Å². The van der Waals surface area contributed by atoms with E-state index < -0.39 is 11.9 Å². The van der Waals surface area contributed by atoms with E-state index in [1.54, 1.807) is 0 Å². The first kappa shape index (κ1) is 12.8. The normalized spacial score (nSPS) is 28.2. The molecule has 5 heteroatoms. The molecule has 1 heterocycles. The van der Waals surface area contributed by atoms with E-state index in [0.717, 1.165) is 4.47 Å². The molecule has 0 spiro atoms.